The van der Waals surface area contributed by atoms with Gasteiger partial charge in [-0.3, -0.25) is 0 Å². The first-order valence-corrected chi connectivity index (χ1v) is 16.0. The van der Waals surface area contributed by atoms with Gasteiger partial charge in [0.1, 0.15) is 6.29 Å². The van der Waals surface area contributed by atoms with Gasteiger partial charge in [-0.15, -0.1) is 0 Å². The van der Waals surface area contributed by atoms with E-state index in [1.807, 2.05) is 0 Å². The van der Waals surface area contributed by atoms with Gasteiger partial charge in [-0.1, -0.05) is 123 Å². The van der Waals surface area contributed by atoms with Gasteiger partial charge in [0.05, 0.1) is 0 Å². The first kappa shape index (κ1) is 37.3. The summed E-state index contributed by atoms with van der Waals surface area (Å²) in [5.74, 6) is 1.81. The quantitative estimate of drug-likeness (QED) is 0.0719. The minimum atomic E-state index is 0.358. The van der Waals surface area contributed by atoms with Crippen LogP contribution in [-0.2, 0) is 4.79 Å². The predicted octanol–water partition coefficient (Wildman–Crippen LogP) is 11.2. The van der Waals surface area contributed by atoms with Crippen molar-refractivity contribution < 1.29 is 9.90 Å². The molecule has 2 unspecified atom stereocenters. The maximum atomic E-state index is 10.1. The Labute approximate surface area is 227 Å². The van der Waals surface area contributed by atoms with E-state index < -0.39 is 0 Å². The molecule has 2 nitrogen and oxygen atoms in total. The zero-order chi connectivity index (χ0) is 27.0. The van der Waals surface area contributed by atoms with Gasteiger partial charge in [-0.05, 0) is 76.0 Å². The number of aliphatic hydroxyl groups excluding tert-OH is 1. The molecule has 0 aromatic heterocycles. The van der Waals surface area contributed by atoms with Crippen molar-refractivity contribution in [3.05, 3.63) is 24.3 Å². The predicted molar refractivity (Wildman–Crippen MR) is 163 cm³/mol. The molecule has 214 valence electrons. The molecule has 0 radical (unpaired) electrons. The molecule has 0 saturated heterocycles. The lowest BCUT2D eigenvalue weighted by Gasteiger charge is -2.06. The fourth-order valence-corrected chi connectivity index (χ4v) is 4.14. The van der Waals surface area contributed by atoms with Crippen molar-refractivity contribution >= 4 is 6.29 Å². The van der Waals surface area contributed by atoms with Crippen LogP contribution in [0, 0.1) is 11.8 Å². The molecule has 0 bridgehead atoms. The summed E-state index contributed by atoms with van der Waals surface area (Å²) in [6.07, 6.45) is 38.0. The van der Waals surface area contributed by atoms with Gasteiger partial charge >= 0.3 is 0 Å². The van der Waals surface area contributed by atoms with Gasteiger partial charge in [0.2, 0.25) is 0 Å². The highest BCUT2D eigenvalue weighted by Gasteiger charge is 1.97. The lowest BCUT2D eigenvalue weighted by molar-refractivity contribution is -0.107. The molecule has 0 rings (SSSR count). The molecule has 36 heavy (non-hydrogen) atoms. The smallest absolute Gasteiger partial charge is 0.119 e. The maximum absolute atomic E-state index is 10.1. The van der Waals surface area contributed by atoms with E-state index in [1.165, 1.54) is 122 Å². The van der Waals surface area contributed by atoms with E-state index in [9.17, 15) is 4.79 Å². The van der Waals surface area contributed by atoms with Crippen LogP contribution in [0.2, 0.25) is 0 Å². The van der Waals surface area contributed by atoms with E-state index in [0.717, 1.165) is 37.4 Å². The van der Waals surface area contributed by atoms with E-state index in [4.69, 9.17) is 5.11 Å². The topological polar surface area (TPSA) is 37.3 Å². The SMILES string of the molecule is CCC(C)CCCC/C=C\CCCCCCC=O.CCC(C)CCCC/C=C\CCCCCCCO. The highest BCUT2D eigenvalue weighted by molar-refractivity contribution is 5.48. The molecule has 0 spiro atoms. The highest BCUT2D eigenvalue weighted by Crippen LogP contribution is 2.14. The normalized spacial score (nSPS) is 13.1. The molecule has 0 aromatic rings. The van der Waals surface area contributed by atoms with Crippen molar-refractivity contribution in [1.29, 1.82) is 0 Å². The summed E-state index contributed by atoms with van der Waals surface area (Å²) in [5, 5.41) is 8.65. The van der Waals surface area contributed by atoms with Crippen molar-refractivity contribution in [2.24, 2.45) is 11.8 Å². The number of carbonyl (C=O) groups is 1. The average molecular weight is 507 g/mol. The second-order valence-electron chi connectivity index (χ2n) is 11.0. The van der Waals surface area contributed by atoms with Crippen LogP contribution >= 0.6 is 0 Å². The monoisotopic (exact) mass is 507 g/mol. The number of carbonyl (C=O) groups excluding carboxylic acids is 1. The molecule has 0 fully saturated rings. The zero-order valence-electron chi connectivity index (χ0n) is 25.2. The molecule has 1 N–H and O–H groups in total. The first-order chi connectivity index (χ1) is 17.6. The Kier molecular flexibility index (Phi) is 35.3. The molecule has 2 heteroatoms. The number of hydrogen-bond acceptors (Lipinski definition) is 2. The Morgan fingerprint density at radius 1 is 0.500 bits per heavy atom. The second kappa shape index (κ2) is 34.1. The van der Waals surface area contributed by atoms with Gasteiger partial charge < -0.3 is 9.90 Å². The van der Waals surface area contributed by atoms with Crippen LogP contribution in [0.3, 0.4) is 0 Å². The molecular weight excluding hydrogens is 440 g/mol. The van der Waals surface area contributed by atoms with Crippen LogP contribution in [0.1, 0.15) is 169 Å². The highest BCUT2D eigenvalue weighted by atomic mass is 16.2. The van der Waals surface area contributed by atoms with Gasteiger partial charge in [0, 0.05) is 13.0 Å². The summed E-state index contributed by atoms with van der Waals surface area (Å²) in [6.45, 7) is 9.62. The average Bonchev–Trinajstić information content (AvgIpc) is 2.89. The van der Waals surface area contributed by atoms with E-state index >= 15 is 0 Å². The molecule has 0 heterocycles. The van der Waals surface area contributed by atoms with E-state index in [2.05, 4.69) is 52.0 Å². The number of aldehydes is 1. The molecule has 0 amide bonds. The number of aliphatic hydroxyl groups is 1. The van der Waals surface area contributed by atoms with Crippen LogP contribution in [0.4, 0.5) is 0 Å². The van der Waals surface area contributed by atoms with E-state index in [0.29, 0.717) is 6.61 Å². The largest absolute Gasteiger partial charge is 0.396 e. The fourth-order valence-electron chi connectivity index (χ4n) is 4.14. The summed E-state index contributed by atoms with van der Waals surface area (Å²) in [5.41, 5.74) is 0. The van der Waals surface area contributed by atoms with Crippen molar-refractivity contribution in [1.82, 2.24) is 0 Å². The van der Waals surface area contributed by atoms with Crippen LogP contribution in [0.15, 0.2) is 24.3 Å². The van der Waals surface area contributed by atoms with Crippen molar-refractivity contribution in [3.63, 3.8) is 0 Å². The van der Waals surface area contributed by atoms with Gasteiger partial charge in [-0.25, -0.2) is 0 Å². The molecular formula is C34H66O2. The minimum absolute atomic E-state index is 0.358. The molecule has 0 aliphatic carbocycles. The maximum Gasteiger partial charge on any atom is 0.119 e. The summed E-state index contributed by atoms with van der Waals surface area (Å²) >= 11 is 0. The summed E-state index contributed by atoms with van der Waals surface area (Å²) in [6, 6.07) is 0. The first-order valence-electron chi connectivity index (χ1n) is 16.0. The van der Waals surface area contributed by atoms with Crippen LogP contribution in [0.25, 0.3) is 0 Å². The van der Waals surface area contributed by atoms with Crippen LogP contribution < -0.4 is 0 Å². The third kappa shape index (κ3) is 35.3. The van der Waals surface area contributed by atoms with Crippen molar-refractivity contribution in [2.75, 3.05) is 6.61 Å². The summed E-state index contributed by atoms with van der Waals surface area (Å²) < 4.78 is 0. The lowest BCUT2D eigenvalue weighted by Crippen LogP contribution is -1.90. The third-order valence-corrected chi connectivity index (χ3v) is 7.33. The van der Waals surface area contributed by atoms with Gasteiger partial charge in [0.15, 0.2) is 0 Å². The second-order valence-corrected chi connectivity index (χ2v) is 11.0. The number of hydrogen-bond donors (Lipinski definition) is 1. The minimum Gasteiger partial charge on any atom is -0.396 e. The molecule has 0 aliphatic heterocycles. The lowest BCUT2D eigenvalue weighted by atomic mass is 10.0. The number of rotatable bonds is 26. The van der Waals surface area contributed by atoms with Crippen molar-refractivity contribution in [3.8, 4) is 0 Å². The van der Waals surface area contributed by atoms with Crippen LogP contribution in [0.5, 0.6) is 0 Å². The zero-order valence-corrected chi connectivity index (χ0v) is 25.2. The van der Waals surface area contributed by atoms with E-state index in [1.54, 1.807) is 0 Å². The summed E-state index contributed by atoms with van der Waals surface area (Å²) in [4.78, 5) is 10.1. The van der Waals surface area contributed by atoms with Gasteiger partial charge in [0.25, 0.3) is 0 Å². The summed E-state index contributed by atoms with van der Waals surface area (Å²) in [7, 11) is 0. The molecule has 2 atom stereocenters. The van der Waals surface area contributed by atoms with Gasteiger partial charge in [-0.2, -0.15) is 0 Å². The van der Waals surface area contributed by atoms with E-state index in [-0.39, 0.29) is 0 Å². The Balaban J connectivity index is 0. The fraction of sp³-hybridized carbons (Fsp3) is 0.853. The third-order valence-electron chi connectivity index (χ3n) is 7.33. The molecule has 0 aromatic carbocycles. The van der Waals surface area contributed by atoms with Crippen molar-refractivity contribution in [2.45, 2.75) is 169 Å². The molecule has 0 saturated carbocycles. The number of allylic oxidation sites excluding steroid dienone is 4. The van der Waals surface area contributed by atoms with Crippen LogP contribution in [-0.4, -0.2) is 18.0 Å². The Morgan fingerprint density at radius 3 is 1.19 bits per heavy atom. The number of unbranched alkanes of at least 4 members (excludes halogenated alkanes) is 14. The standard InChI is InChI=1S/C17H34O.C17H32O/c2*1-3-17(2)15-13-11-9-7-5-4-6-8-10-12-14-16-18/h5,7,17-18H,3-4,6,8-16H2,1-2H3;5,7,16-17H,3-4,6,8-15H2,1-2H3/b2*7-5-. The molecule has 0 aliphatic rings. The Morgan fingerprint density at radius 2 is 0.833 bits per heavy atom. The Bertz CT molecular complexity index is 454. The Hall–Kier alpha value is -0.890.